The Hall–Kier alpha value is -1.69. The van der Waals surface area contributed by atoms with Crippen LogP contribution in [0.5, 0.6) is 0 Å². The molecule has 1 aromatic rings. The minimum absolute atomic E-state index is 0.0445. The molecule has 0 aliphatic carbocycles. The minimum Gasteiger partial charge on any atom is -0.352 e. The smallest absolute Gasteiger partial charge is 0.239 e. The number of anilines is 1. The summed E-state index contributed by atoms with van der Waals surface area (Å²) in [5, 5.41) is 11.3. The lowest BCUT2D eigenvalue weighted by Gasteiger charge is -2.36. The molecular weight excluding hydrogens is 242 g/mol. The lowest BCUT2D eigenvalue weighted by molar-refractivity contribution is -0.133. The first-order valence-electron chi connectivity index (χ1n) is 6.89. The summed E-state index contributed by atoms with van der Waals surface area (Å²) in [5.74, 6) is 1.16. The highest BCUT2D eigenvalue weighted by molar-refractivity contribution is 5.82. The number of carbonyl (C=O) groups excluding carboxylic acids is 1. The van der Waals surface area contributed by atoms with Crippen LogP contribution in [0.4, 0.5) is 5.82 Å². The Bertz CT molecular complexity index is 424. The van der Waals surface area contributed by atoms with Crippen molar-refractivity contribution in [1.82, 2.24) is 20.4 Å². The Morgan fingerprint density at radius 2 is 2.16 bits per heavy atom. The monoisotopic (exact) mass is 261 g/mol. The summed E-state index contributed by atoms with van der Waals surface area (Å²) < 4.78 is 0. The third kappa shape index (κ3) is 2.68. The number of aromatic nitrogens is 2. The van der Waals surface area contributed by atoms with Gasteiger partial charge in [-0.25, -0.2) is 0 Å². The van der Waals surface area contributed by atoms with Gasteiger partial charge in [0.1, 0.15) is 0 Å². The summed E-state index contributed by atoms with van der Waals surface area (Å²) in [6.45, 7) is 4.17. The molecule has 0 spiro atoms. The molecule has 2 fully saturated rings. The maximum atomic E-state index is 12.3. The number of hydrogen-bond donors (Lipinski definition) is 1. The number of nitrogens with one attached hydrogen (secondary N) is 1. The van der Waals surface area contributed by atoms with E-state index in [0.29, 0.717) is 0 Å². The molecule has 2 saturated heterocycles. The van der Waals surface area contributed by atoms with Crippen molar-refractivity contribution in [3.8, 4) is 0 Å². The number of amides is 1. The van der Waals surface area contributed by atoms with E-state index in [-0.39, 0.29) is 11.9 Å². The fourth-order valence-electron chi connectivity index (χ4n) is 2.73. The van der Waals surface area contributed by atoms with E-state index in [4.69, 9.17) is 0 Å². The van der Waals surface area contributed by atoms with Gasteiger partial charge in [-0.3, -0.25) is 4.79 Å². The van der Waals surface area contributed by atoms with Gasteiger partial charge in [0.05, 0.1) is 6.04 Å². The predicted molar refractivity (Wildman–Crippen MR) is 71.8 cm³/mol. The van der Waals surface area contributed by atoms with Crippen LogP contribution in [0.2, 0.25) is 0 Å². The molecule has 19 heavy (non-hydrogen) atoms. The number of carbonyl (C=O) groups is 1. The Morgan fingerprint density at radius 1 is 1.32 bits per heavy atom. The molecule has 0 bridgehead atoms. The molecule has 1 aromatic heterocycles. The quantitative estimate of drug-likeness (QED) is 0.804. The van der Waals surface area contributed by atoms with Crippen LogP contribution in [0.25, 0.3) is 0 Å². The highest BCUT2D eigenvalue weighted by Gasteiger charge is 2.29. The van der Waals surface area contributed by atoms with Crippen molar-refractivity contribution in [2.75, 3.05) is 37.6 Å². The molecule has 3 rings (SSSR count). The number of hydrogen-bond acceptors (Lipinski definition) is 5. The van der Waals surface area contributed by atoms with E-state index in [2.05, 4.69) is 20.4 Å². The maximum absolute atomic E-state index is 12.3. The van der Waals surface area contributed by atoms with E-state index >= 15 is 0 Å². The minimum atomic E-state index is 0.0445. The summed E-state index contributed by atoms with van der Waals surface area (Å²) in [7, 11) is 0. The lowest BCUT2D eigenvalue weighted by Crippen LogP contribution is -2.53. The van der Waals surface area contributed by atoms with Crippen LogP contribution in [-0.4, -0.2) is 59.8 Å². The fraction of sp³-hybridized carbons (Fsp3) is 0.615. The zero-order valence-electron chi connectivity index (χ0n) is 11.0. The highest BCUT2D eigenvalue weighted by Crippen LogP contribution is 2.14. The number of nitrogens with zero attached hydrogens (tertiary/aromatic N) is 4. The van der Waals surface area contributed by atoms with Crippen molar-refractivity contribution in [2.24, 2.45) is 0 Å². The van der Waals surface area contributed by atoms with Gasteiger partial charge >= 0.3 is 0 Å². The van der Waals surface area contributed by atoms with Gasteiger partial charge in [0.15, 0.2) is 5.82 Å². The SMILES string of the molecule is O=C(C1CCCN1)N1CCN(c2cccnn2)CC1. The lowest BCUT2D eigenvalue weighted by atomic mass is 10.2. The van der Waals surface area contributed by atoms with Gasteiger partial charge in [-0.2, -0.15) is 5.10 Å². The van der Waals surface area contributed by atoms with Crippen molar-refractivity contribution in [3.63, 3.8) is 0 Å². The summed E-state index contributed by atoms with van der Waals surface area (Å²) in [6.07, 6.45) is 3.76. The van der Waals surface area contributed by atoms with Crippen molar-refractivity contribution in [2.45, 2.75) is 18.9 Å². The van der Waals surface area contributed by atoms with Crippen LogP contribution >= 0.6 is 0 Å². The van der Waals surface area contributed by atoms with Crippen molar-refractivity contribution in [3.05, 3.63) is 18.3 Å². The Kier molecular flexibility index (Phi) is 3.59. The van der Waals surface area contributed by atoms with E-state index in [0.717, 1.165) is 51.4 Å². The largest absolute Gasteiger partial charge is 0.352 e. The molecular formula is C13H19N5O. The third-order valence-corrected chi connectivity index (χ3v) is 3.83. The third-order valence-electron chi connectivity index (χ3n) is 3.83. The maximum Gasteiger partial charge on any atom is 0.239 e. The average Bonchev–Trinajstić information content (AvgIpc) is 3.02. The first-order valence-corrected chi connectivity index (χ1v) is 6.89. The molecule has 3 heterocycles. The molecule has 1 N–H and O–H groups in total. The molecule has 2 aliphatic rings. The second-order valence-corrected chi connectivity index (χ2v) is 5.04. The first-order chi connectivity index (χ1) is 9.34. The second-order valence-electron chi connectivity index (χ2n) is 5.04. The standard InChI is InChI=1S/C13H19N5O/c19-13(11-3-1-5-14-11)18-9-7-17(8-10-18)12-4-2-6-15-16-12/h2,4,6,11,14H,1,3,5,7-10H2. The molecule has 1 unspecified atom stereocenters. The Labute approximate surface area is 112 Å². The topological polar surface area (TPSA) is 61.4 Å². The van der Waals surface area contributed by atoms with Gasteiger partial charge in [-0.15, -0.1) is 5.10 Å². The van der Waals surface area contributed by atoms with Crippen LogP contribution in [0.15, 0.2) is 18.3 Å². The van der Waals surface area contributed by atoms with Crippen LogP contribution in [-0.2, 0) is 4.79 Å². The van der Waals surface area contributed by atoms with E-state index in [1.165, 1.54) is 0 Å². The zero-order chi connectivity index (χ0) is 13.1. The van der Waals surface area contributed by atoms with E-state index in [1.807, 2.05) is 17.0 Å². The molecule has 1 amide bonds. The average molecular weight is 261 g/mol. The molecule has 6 heteroatoms. The summed E-state index contributed by atoms with van der Waals surface area (Å²) in [5.41, 5.74) is 0. The van der Waals surface area contributed by atoms with Crippen LogP contribution in [0.3, 0.4) is 0 Å². The zero-order valence-corrected chi connectivity index (χ0v) is 11.0. The van der Waals surface area contributed by atoms with Gasteiger partial charge in [0.2, 0.25) is 5.91 Å². The van der Waals surface area contributed by atoms with Crippen LogP contribution in [0.1, 0.15) is 12.8 Å². The normalized spacial score (nSPS) is 23.7. The summed E-state index contributed by atoms with van der Waals surface area (Å²) in [6, 6.07) is 3.90. The predicted octanol–water partition coefficient (Wildman–Crippen LogP) is -0.123. The highest BCUT2D eigenvalue weighted by atomic mass is 16.2. The fourth-order valence-corrected chi connectivity index (χ4v) is 2.73. The molecule has 0 aromatic carbocycles. The molecule has 0 saturated carbocycles. The van der Waals surface area contributed by atoms with Gasteiger partial charge < -0.3 is 15.1 Å². The van der Waals surface area contributed by atoms with E-state index < -0.39 is 0 Å². The van der Waals surface area contributed by atoms with Gasteiger partial charge in [-0.05, 0) is 31.5 Å². The second kappa shape index (κ2) is 5.52. The number of piperazine rings is 1. The van der Waals surface area contributed by atoms with Crippen molar-refractivity contribution >= 4 is 11.7 Å². The molecule has 6 nitrogen and oxygen atoms in total. The van der Waals surface area contributed by atoms with E-state index in [1.54, 1.807) is 6.20 Å². The molecule has 0 radical (unpaired) electrons. The summed E-state index contributed by atoms with van der Waals surface area (Å²) >= 11 is 0. The first kappa shape index (κ1) is 12.3. The van der Waals surface area contributed by atoms with Crippen LogP contribution < -0.4 is 10.2 Å². The van der Waals surface area contributed by atoms with Crippen molar-refractivity contribution < 1.29 is 4.79 Å². The van der Waals surface area contributed by atoms with Gasteiger partial charge in [0, 0.05) is 32.4 Å². The Balaban J connectivity index is 1.56. The molecule has 102 valence electrons. The van der Waals surface area contributed by atoms with E-state index in [9.17, 15) is 4.79 Å². The Morgan fingerprint density at radius 3 is 2.79 bits per heavy atom. The van der Waals surface area contributed by atoms with Gasteiger partial charge in [0.25, 0.3) is 0 Å². The molecule has 1 atom stereocenters. The van der Waals surface area contributed by atoms with Crippen LogP contribution in [0, 0.1) is 0 Å². The number of rotatable bonds is 2. The van der Waals surface area contributed by atoms with Gasteiger partial charge in [-0.1, -0.05) is 0 Å². The summed E-state index contributed by atoms with van der Waals surface area (Å²) in [4.78, 5) is 16.4. The van der Waals surface area contributed by atoms with Crippen molar-refractivity contribution in [1.29, 1.82) is 0 Å². The molecule has 2 aliphatic heterocycles.